The van der Waals surface area contributed by atoms with E-state index in [1.807, 2.05) is 45.2 Å². The van der Waals surface area contributed by atoms with Crippen LogP contribution in [0, 0.1) is 12.8 Å². The Hall–Kier alpha value is -1.75. The van der Waals surface area contributed by atoms with Gasteiger partial charge in [-0.2, -0.15) is 0 Å². The zero-order chi connectivity index (χ0) is 15.9. The van der Waals surface area contributed by atoms with Crippen molar-refractivity contribution in [1.82, 2.24) is 10.2 Å². The third-order valence-corrected chi connectivity index (χ3v) is 3.79. The average Bonchev–Trinajstić information content (AvgIpc) is 2.99. The van der Waals surface area contributed by atoms with Gasteiger partial charge in [-0.15, -0.1) is 0 Å². The van der Waals surface area contributed by atoms with Crippen LogP contribution in [0.4, 0.5) is 4.79 Å². The summed E-state index contributed by atoms with van der Waals surface area (Å²) in [4.78, 5) is 13.8. The van der Waals surface area contributed by atoms with Crippen molar-refractivity contribution in [2.24, 2.45) is 5.92 Å². The number of rotatable bonds is 6. The maximum absolute atomic E-state index is 12.1. The van der Waals surface area contributed by atoms with E-state index in [1.165, 1.54) is 5.56 Å². The van der Waals surface area contributed by atoms with E-state index in [1.54, 1.807) is 4.90 Å². The monoisotopic (exact) mass is 306 g/mol. The number of urea groups is 1. The van der Waals surface area contributed by atoms with Crippen LogP contribution in [-0.4, -0.2) is 50.4 Å². The number of nitrogens with zero attached hydrogens (tertiary/aromatic N) is 1. The van der Waals surface area contributed by atoms with Crippen molar-refractivity contribution < 1.29 is 14.3 Å². The van der Waals surface area contributed by atoms with Crippen LogP contribution in [-0.2, 0) is 4.74 Å². The molecule has 1 fully saturated rings. The fourth-order valence-corrected chi connectivity index (χ4v) is 2.42. The highest BCUT2D eigenvalue weighted by Gasteiger charge is 2.20. The maximum atomic E-state index is 12.1. The highest BCUT2D eigenvalue weighted by Crippen LogP contribution is 2.13. The van der Waals surface area contributed by atoms with Gasteiger partial charge in [0.1, 0.15) is 12.4 Å². The molecule has 1 heterocycles. The topological polar surface area (TPSA) is 50.8 Å². The first kappa shape index (κ1) is 16.6. The standard InChI is InChI=1S/C17H26N2O3/c1-13-4-6-16(7-5-13)22-11-14(2)18-17(20)19(3)10-15-8-9-21-12-15/h4-7,14-15H,8-12H2,1-3H3,(H,18,20)/t14-,15-/m0/s1. The van der Waals surface area contributed by atoms with E-state index in [9.17, 15) is 4.79 Å². The van der Waals surface area contributed by atoms with Gasteiger partial charge < -0.3 is 19.7 Å². The Balaban J connectivity index is 1.69. The van der Waals surface area contributed by atoms with E-state index in [0.717, 1.165) is 31.9 Å². The van der Waals surface area contributed by atoms with Gasteiger partial charge in [0, 0.05) is 26.1 Å². The highest BCUT2D eigenvalue weighted by atomic mass is 16.5. The lowest BCUT2D eigenvalue weighted by Gasteiger charge is -2.23. The SMILES string of the molecule is Cc1ccc(OC[C@H](C)NC(=O)N(C)C[C@@H]2CCOC2)cc1. The molecule has 5 heteroatoms. The molecule has 1 saturated heterocycles. The molecule has 1 aliphatic rings. The lowest BCUT2D eigenvalue weighted by atomic mass is 10.1. The van der Waals surface area contributed by atoms with Gasteiger partial charge >= 0.3 is 6.03 Å². The van der Waals surface area contributed by atoms with Crippen molar-refractivity contribution in [3.8, 4) is 5.75 Å². The minimum atomic E-state index is -0.0630. The summed E-state index contributed by atoms with van der Waals surface area (Å²) < 4.78 is 11.0. The van der Waals surface area contributed by atoms with Crippen molar-refractivity contribution in [2.45, 2.75) is 26.3 Å². The Bertz CT molecular complexity index is 469. The van der Waals surface area contributed by atoms with Crippen molar-refractivity contribution in [2.75, 3.05) is 33.4 Å². The number of nitrogens with one attached hydrogen (secondary N) is 1. The van der Waals surface area contributed by atoms with Crippen LogP contribution in [0.1, 0.15) is 18.9 Å². The molecule has 0 spiro atoms. The summed E-state index contributed by atoms with van der Waals surface area (Å²) in [6.07, 6.45) is 1.03. The zero-order valence-electron chi connectivity index (χ0n) is 13.7. The number of benzene rings is 1. The molecular weight excluding hydrogens is 280 g/mol. The van der Waals surface area contributed by atoms with E-state index >= 15 is 0 Å². The fraction of sp³-hybridized carbons (Fsp3) is 0.588. The molecule has 1 aromatic rings. The molecule has 2 amide bonds. The lowest BCUT2D eigenvalue weighted by Crippen LogP contribution is -2.45. The van der Waals surface area contributed by atoms with E-state index < -0.39 is 0 Å². The molecule has 22 heavy (non-hydrogen) atoms. The summed E-state index contributed by atoms with van der Waals surface area (Å²) in [6, 6.07) is 7.79. The summed E-state index contributed by atoms with van der Waals surface area (Å²) in [5.74, 6) is 1.28. The molecule has 0 radical (unpaired) electrons. The first-order chi connectivity index (χ1) is 10.5. The van der Waals surface area contributed by atoms with E-state index in [2.05, 4.69) is 5.32 Å². The number of hydrogen-bond donors (Lipinski definition) is 1. The van der Waals surface area contributed by atoms with E-state index in [4.69, 9.17) is 9.47 Å². The van der Waals surface area contributed by atoms with Crippen LogP contribution >= 0.6 is 0 Å². The summed E-state index contributed by atoms with van der Waals surface area (Å²) in [6.45, 7) is 6.73. The second-order valence-corrected chi connectivity index (χ2v) is 6.08. The van der Waals surface area contributed by atoms with Gasteiger partial charge in [0.25, 0.3) is 0 Å². The third-order valence-electron chi connectivity index (χ3n) is 3.79. The van der Waals surface area contributed by atoms with Crippen molar-refractivity contribution in [3.63, 3.8) is 0 Å². The first-order valence-corrected chi connectivity index (χ1v) is 7.83. The maximum Gasteiger partial charge on any atom is 0.317 e. The number of ether oxygens (including phenoxy) is 2. The number of aryl methyl sites for hydroxylation is 1. The van der Waals surface area contributed by atoms with Gasteiger partial charge in [-0.3, -0.25) is 0 Å². The Labute approximate surface area is 132 Å². The number of hydrogen-bond acceptors (Lipinski definition) is 3. The predicted molar refractivity (Wildman–Crippen MR) is 86.2 cm³/mol. The molecule has 2 atom stereocenters. The molecule has 0 unspecified atom stereocenters. The molecule has 0 saturated carbocycles. The van der Waals surface area contributed by atoms with Gasteiger partial charge in [0.15, 0.2) is 0 Å². The van der Waals surface area contributed by atoms with Crippen LogP contribution in [0.15, 0.2) is 24.3 Å². The van der Waals surface area contributed by atoms with Gasteiger partial charge in [-0.25, -0.2) is 4.79 Å². The predicted octanol–water partition coefficient (Wildman–Crippen LogP) is 2.44. The number of carbonyl (C=O) groups excluding carboxylic acids is 1. The smallest absolute Gasteiger partial charge is 0.317 e. The third kappa shape index (κ3) is 5.22. The van der Waals surface area contributed by atoms with Crippen LogP contribution in [0.5, 0.6) is 5.75 Å². The zero-order valence-corrected chi connectivity index (χ0v) is 13.7. The quantitative estimate of drug-likeness (QED) is 0.878. The minimum Gasteiger partial charge on any atom is -0.491 e. The normalized spacial score (nSPS) is 18.8. The van der Waals surface area contributed by atoms with Crippen LogP contribution in [0.25, 0.3) is 0 Å². The number of amides is 2. The molecule has 2 rings (SSSR count). The van der Waals surface area contributed by atoms with Crippen molar-refractivity contribution in [1.29, 1.82) is 0 Å². The minimum absolute atomic E-state index is 0.0453. The van der Waals surface area contributed by atoms with Gasteiger partial charge in [-0.05, 0) is 32.4 Å². The van der Waals surface area contributed by atoms with Gasteiger partial charge in [0.05, 0.1) is 12.6 Å². The van der Waals surface area contributed by atoms with Gasteiger partial charge in [-0.1, -0.05) is 17.7 Å². The second-order valence-electron chi connectivity index (χ2n) is 6.08. The molecule has 0 aliphatic carbocycles. The van der Waals surface area contributed by atoms with Crippen molar-refractivity contribution in [3.05, 3.63) is 29.8 Å². The Morgan fingerprint density at radius 2 is 2.18 bits per heavy atom. The van der Waals surface area contributed by atoms with Crippen molar-refractivity contribution >= 4 is 6.03 Å². The Kier molecular flexibility index (Phi) is 6.07. The summed E-state index contributed by atoms with van der Waals surface area (Å²) in [5, 5.41) is 2.96. The Morgan fingerprint density at radius 3 is 2.82 bits per heavy atom. The molecule has 0 bridgehead atoms. The molecule has 1 aliphatic heterocycles. The van der Waals surface area contributed by atoms with Crippen LogP contribution < -0.4 is 10.1 Å². The molecule has 1 N–H and O–H groups in total. The molecule has 0 aromatic heterocycles. The second kappa shape index (κ2) is 8.03. The Morgan fingerprint density at radius 1 is 1.45 bits per heavy atom. The largest absolute Gasteiger partial charge is 0.491 e. The molecular formula is C17H26N2O3. The van der Waals surface area contributed by atoms with E-state index in [-0.39, 0.29) is 12.1 Å². The first-order valence-electron chi connectivity index (χ1n) is 7.83. The average molecular weight is 306 g/mol. The summed E-state index contributed by atoms with van der Waals surface area (Å²) in [5.41, 5.74) is 1.20. The summed E-state index contributed by atoms with van der Waals surface area (Å²) in [7, 11) is 1.82. The number of carbonyl (C=O) groups is 1. The van der Waals surface area contributed by atoms with Crippen LogP contribution in [0.3, 0.4) is 0 Å². The molecule has 122 valence electrons. The highest BCUT2D eigenvalue weighted by molar-refractivity contribution is 5.74. The lowest BCUT2D eigenvalue weighted by molar-refractivity contribution is 0.168. The van der Waals surface area contributed by atoms with Crippen LogP contribution in [0.2, 0.25) is 0 Å². The molecule has 1 aromatic carbocycles. The fourth-order valence-electron chi connectivity index (χ4n) is 2.42. The molecule has 5 nitrogen and oxygen atoms in total. The summed E-state index contributed by atoms with van der Waals surface area (Å²) >= 11 is 0. The van der Waals surface area contributed by atoms with E-state index in [0.29, 0.717) is 12.5 Å². The van der Waals surface area contributed by atoms with Gasteiger partial charge in [0.2, 0.25) is 0 Å².